The van der Waals surface area contributed by atoms with Crippen molar-refractivity contribution in [2.24, 2.45) is 17.3 Å². The largest absolute Gasteiger partial charge is 0.378 e. The second kappa shape index (κ2) is 2.22. The molecule has 1 aliphatic carbocycles. The predicted molar refractivity (Wildman–Crippen MR) is 45.4 cm³/mol. The van der Waals surface area contributed by atoms with E-state index in [9.17, 15) is 0 Å². The van der Waals surface area contributed by atoms with E-state index in [-0.39, 0.29) is 0 Å². The molecule has 0 aromatic rings. The third-order valence-electron chi connectivity index (χ3n) is 3.18. The van der Waals surface area contributed by atoms with Gasteiger partial charge in [-0.3, -0.25) is 0 Å². The molecule has 1 heterocycles. The van der Waals surface area contributed by atoms with Crippen LogP contribution in [0.1, 0.15) is 33.6 Å². The summed E-state index contributed by atoms with van der Waals surface area (Å²) in [6, 6.07) is 0. The minimum atomic E-state index is 0.452. The molecule has 3 unspecified atom stereocenters. The summed E-state index contributed by atoms with van der Waals surface area (Å²) in [4.78, 5) is 0. The van der Waals surface area contributed by atoms with Crippen LogP contribution < -0.4 is 0 Å². The highest BCUT2D eigenvalue weighted by molar-refractivity contribution is 4.95. The molecule has 1 aliphatic heterocycles. The molecule has 2 aliphatic rings. The summed E-state index contributed by atoms with van der Waals surface area (Å²) in [5, 5.41) is 0. The van der Waals surface area contributed by atoms with Crippen LogP contribution in [0.4, 0.5) is 0 Å². The van der Waals surface area contributed by atoms with Gasteiger partial charge in [0.15, 0.2) is 0 Å². The fourth-order valence-electron chi connectivity index (χ4n) is 1.95. The Bertz CT molecular complexity index is 157. The van der Waals surface area contributed by atoms with Crippen molar-refractivity contribution < 1.29 is 4.74 Å². The monoisotopic (exact) mass is 154 g/mol. The van der Waals surface area contributed by atoms with Gasteiger partial charge in [0.1, 0.15) is 0 Å². The molecule has 1 heteroatoms. The molecule has 11 heavy (non-hydrogen) atoms. The summed E-state index contributed by atoms with van der Waals surface area (Å²) >= 11 is 0. The Hall–Kier alpha value is -0.0400. The number of hydrogen-bond donors (Lipinski definition) is 0. The molecule has 2 fully saturated rings. The van der Waals surface area contributed by atoms with E-state index in [0.29, 0.717) is 11.5 Å². The van der Waals surface area contributed by atoms with E-state index in [0.717, 1.165) is 18.4 Å². The van der Waals surface area contributed by atoms with Crippen LogP contribution in [0.25, 0.3) is 0 Å². The molecule has 1 nitrogen and oxygen atoms in total. The van der Waals surface area contributed by atoms with E-state index in [1.807, 2.05) is 0 Å². The molecule has 0 N–H and O–H groups in total. The van der Waals surface area contributed by atoms with Crippen LogP contribution in [-0.4, -0.2) is 12.7 Å². The van der Waals surface area contributed by atoms with Gasteiger partial charge >= 0.3 is 0 Å². The van der Waals surface area contributed by atoms with E-state index in [1.165, 1.54) is 12.8 Å². The van der Waals surface area contributed by atoms with Crippen LogP contribution in [0, 0.1) is 17.3 Å². The topological polar surface area (TPSA) is 9.23 Å². The van der Waals surface area contributed by atoms with E-state index < -0.39 is 0 Å². The summed E-state index contributed by atoms with van der Waals surface area (Å²) < 4.78 is 5.69. The van der Waals surface area contributed by atoms with Crippen molar-refractivity contribution in [1.29, 1.82) is 0 Å². The highest BCUT2D eigenvalue weighted by atomic mass is 16.5. The number of hydrogen-bond acceptors (Lipinski definition) is 1. The molecule has 0 amide bonds. The zero-order valence-corrected chi connectivity index (χ0v) is 7.76. The van der Waals surface area contributed by atoms with Gasteiger partial charge in [0.05, 0.1) is 12.7 Å². The van der Waals surface area contributed by atoms with Crippen molar-refractivity contribution in [2.75, 3.05) is 6.61 Å². The number of ether oxygens (including phenoxy) is 1. The third kappa shape index (κ3) is 1.44. The molecule has 2 rings (SSSR count). The lowest BCUT2D eigenvalue weighted by atomic mass is 9.77. The lowest BCUT2D eigenvalue weighted by molar-refractivity contribution is 0.000726. The SMILES string of the molecule is CC(C)(C)C1COC2CC2C1. The van der Waals surface area contributed by atoms with Crippen LogP contribution in [0.3, 0.4) is 0 Å². The van der Waals surface area contributed by atoms with Gasteiger partial charge in [-0.2, -0.15) is 0 Å². The molecule has 0 aromatic heterocycles. The summed E-state index contributed by atoms with van der Waals surface area (Å²) in [5.41, 5.74) is 0.452. The molecular weight excluding hydrogens is 136 g/mol. The van der Waals surface area contributed by atoms with Crippen LogP contribution in [0.5, 0.6) is 0 Å². The minimum Gasteiger partial charge on any atom is -0.378 e. The Morgan fingerprint density at radius 3 is 2.45 bits per heavy atom. The molecule has 1 saturated heterocycles. The molecule has 3 atom stereocenters. The van der Waals surface area contributed by atoms with Crippen LogP contribution >= 0.6 is 0 Å². The summed E-state index contributed by atoms with van der Waals surface area (Å²) in [5.74, 6) is 1.72. The van der Waals surface area contributed by atoms with Crippen LogP contribution in [0.15, 0.2) is 0 Å². The van der Waals surface area contributed by atoms with Crippen molar-refractivity contribution in [3.05, 3.63) is 0 Å². The first-order valence-electron chi connectivity index (χ1n) is 4.69. The van der Waals surface area contributed by atoms with Gasteiger partial charge in [-0.05, 0) is 30.1 Å². The van der Waals surface area contributed by atoms with Crippen molar-refractivity contribution in [1.82, 2.24) is 0 Å². The number of rotatable bonds is 0. The van der Waals surface area contributed by atoms with Gasteiger partial charge < -0.3 is 4.74 Å². The summed E-state index contributed by atoms with van der Waals surface area (Å²) in [6.07, 6.45) is 3.41. The number of fused-ring (bicyclic) bond motifs is 1. The quantitative estimate of drug-likeness (QED) is 0.521. The third-order valence-corrected chi connectivity index (χ3v) is 3.18. The van der Waals surface area contributed by atoms with Crippen molar-refractivity contribution in [2.45, 2.75) is 39.7 Å². The standard InChI is InChI=1S/C10H18O/c1-10(2,3)8-4-7-5-9(7)11-6-8/h7-9H,4-6H2,1-3H3. The van der Waals surface area contributed by atoms with Crippen molar-refractivity contribution in [3.8, 4) is 0 Å². The maximum atomic E-state index is 5.69. The molecule has 1 saturated carbocycles. The van der Waals surface area contributed by atoms with E-state index in [1.54, 1.807) is 0 Å². The summed E-state index contributed by atoms with van der Waals surface area (Å²) in [7, 11) is 0. The fourth-order valence-corrected chi connectivity index (χ4v) is 1.95. The first kappa shape index (κ1) is 7.60. The average Bonchev–Trinajstić information content (AvgIpc) is 2.60. The van der Waals surface area contributed by atoms with Crippen LogP contribution in [-0.2, 0) is 4.74 Å². The maximum Gasteiger partial charge on any atom is 0.0608 e. The van der Waals surface area contributed by atoms with E-state index >= 15 is 0 Å². The van der Waals surface area contributed by atoms with E-state index in [4.69, 9.17) is 4.74 Å². The minimum absolute atomic E-state index is 0.452. The fraction of sp³-hybridized carbons (Fsp3) is 1.00. The normalized spacial score (nSPS) is 43.4. The first-order chi connectivity index (χ1) is 5.07. The zero-order chi connectivity index (χ0) is 8.06. The van der Waals surface area contributed by atoms with Crippen LogP contribution in [0.2, 0.25) is 0 Å². The molecular formula is C10H18O. The van der Waals surface area contributed by atoms with Gasteiger partial charge in [-0.1, -0.05) is 20.8 Å². The van der Waals surface area contributed by atoms with Gasteiger partial charge in [-0.25, -0.2) is 0 Å². The Morgan fingerprint density at radius 1 is 1.18 bits per heavy atom. The highest BCUT2D eigenvalue weighted by Crippen LogP contribution is 2.47. The lowest BCUT2D eigenvalue weighted by Gasteiger charge is -2.33. The molecule has 0 aromatic carbocycles. The van der Waals surface area contributed by atoms with Gasteiger partial charge in [-0.15, -0.1) is 0 Å². The summed E-state index contributed by atoms with van der Waals surface area (Å²) in [6.45, 7) is 7.97. The van der Waals surface area contributed by atoms with Gasteiger partial charge in [0, 0.05) is 0 Å². The second-order valence-electron chi connectivity index (χ2n) is 5.17. The zero-order valence-electron chi connectivity index (χ0n) is 7.76. The maximum absolute atomic E-state index is 5.69. The van der Waals surface area contributed by atoms with Gasteiger partial charge in [0.2, 0.25) is 0 Å². The van der Waals surface area contributed by atoms with Gasteiger partial charge in [0.25, 0.3) is 0 Å². The molecule has 0 radical (unpaired) electrons. The Balaban J connectivity index is 1.95. The molecule has 0 spiro atoms. The Morgan fingerprint density at radius 2 is 1.91 bits per heavy atom. The van der Waals surface area contributed by atoms with Crippen molar-refractivity contribution in [3.63, 3.8) is 0 Å². The highest BCUT2D eigenvalue weighted by Gasteiger charge is 2.46. The van der Waals surface area contributed by atoms with Crippen molar-refractivity contribution >= 4 is 0 Å². The lowest BCUT2D eigenvalue weighted by Crippen LogP contribution is -2.29. The first-order valence-corrected chi connectivity index (χ1v) is 4.69. The second-order valence-corrected chi connectivity index (χ2v) is 5.17. The van der Waals surface area contributed by atoms with E-state index in [2.05, 4.69) is 20.8 Å². The Kier molecular flexibility index (Phi) is 1.54. The predicted octanol–water partition coefficient (Wildman–Crippen LogP) is 2.46. The smallest absolute Gasteiger partial charge is 0.0608 e. The molecule has 64 valence electrons. The molecule has 0 bridgehead atoms. The average molecular weight is 154 g/mol. The Labute approximate surface area is 69.1 Å².